The summed E-state index contributed by atoms with van der Waals surface area (Å²) in [7, 11) is 6.79. The molecule has 0 atom stereocenters. The van der Waals surface area contributed by atoms with Gasteiger partial charge in [0.05, 0.1) is 36.2 Å². The fourth-order valence-corrected chi connectivity index (χ4v) is 3.62. The van der Waals surface area contributed by atoms with Crippen molar-refractivity contribution in [2.75, 3.05) is 39.7 Å². The van der Waals surface area contributed by atoms with Crippen LogP contribution in [0.25, 0.3) is 10.9 Å². The van der Waals surface area contributed by atoms with Crippen LogP contribution in [0.2, 0.25) is 0 Å². The number of rotatable bonds is 8. The van der Waals surface area contributed by atoms with Crippen molar-refractivity contribution < 1.29 is 19.4 Å². The summed E-state index contributed by atoms with van der Waals surface area (Å²) in [4.78, 5) is 35.3. The molecule has 1 aromatic heterocycles. The number of H-pyrrole nitrogens is 1. The van der Waals surface area contributed by atoms with Gasteiger partial charge in [-0.05, 0) is 56.9 Å². The molecule has 3 rings (SSSR count). The second-order valence-corrected chi connectivity index (χ2v) is 8.12. The number of amides is 1. The molecule has 174 valence electrons. The molecule has 0 unspecified atom stereocenters. The molecule has 0 saturated carbocycles. The molecule has 1 heterocycles. The Bertz CT molecular complexity index is 1180. The van der Waals surface area contributed by atoms with Crippen molar-refractivity contribution in [3.63, 3.8) is 0 Å². The largest absolute Gasteiger partial charge is 0.494 e. The second kappa shape index (κ2) is 10.3. The molecule has 8 nitrogen and oxygen atoms in total. The van der Waals surface area contributed by atoms with Crippen molar-refractivity contribution in [3.8, 4) is 5.88 Å². The van der Waals surface area contributed by atoms with Crippen LogP contribution in [0.5, 0.6) is 5.88 Å². The molecule has 2 aromatic carbocycles. The van der Waals surface area contributed by atoms with Gasteiger partial charge in [-0.25, -0.2) is 4.79 Å². The molecule has 0 bridgehead atoms. The Balaban J connectivity index is 1.95. The lowest BCUT2D eigenvalue weighted by Crippen LogP contribution is -2.34. The topological polar surface area (TPSA) is 98.2 Å². The first-order valence-electron chi connectivity index (χ1n) is 10.8. The van der Waals surface area contributed by atoms with Crippen molar-refractivity contribution in [2.24, 2.45) is 4.99 Å². The third-order valence-corrected chi connectivity index (χ3v) is 5.30. The predicted molar refractivity (Wildman–Crippen MR) is 131 cm³/mol. The molecule has 0 radical (unpaired) electrons. The lowest BCUT2D eigenvalue weighted by Gasteiger charge is -2.19. The van der Waals surface area contributed by atoms with Gasteiger partial charge in [-0.2, -0.15) is 0 Å². The van der Waals surface area contributed by atoms with E-state index in [1.54, 1.807) is 30.1 Å². The summed E-state index contributed by atoms with van der Waals surface area (Å²) >= 11 is 0. The minimum Gasteiger partial charge on any atom is -0.494 e. The first kappa shape index (κ1) is 24.0. The number of anilines is 1. The van der Waals surface area contributed by atoms with Crippen molar-refractivity contribution >= 4 is 39.9 Å². The van der Waals surface area contributed by atoms with Crippen LogP contribution >= 0.6 is 0 Å². The quantitative estimate of drug-likeness (QED) is 0.398. The normalized spacial score (nSPS) is 11.8. The second-order valence-electron chi connectivity index (χ2n) is 8.12. The fraction of sp³-hybridized carbons (Fsp3) is 0.320. The molecule has 0 aliphatic heterocycles. The number of benzene rings is 2. The Morgan fingerprint density at radius 1 is 1.09 bits per heavy atom. The molecule has 0 spiro atoms. The minimum absolute atomic E-state index is 0.00189. The summed E-state index contributed by atoms with van der Waals surface area (Å²) in [5, 5.41) is 11.4. The van der Waals surface area contributed by atoms with Gasteiger partial charge in [-0.15, -0.1) is 0 Å². The highest BCUT2D eigenvalue weighted by atomic mass is 16.5. The van der Waals surface area contributed by atoms with Gasteiger partial charge in [0.1, 0.15) is 0 Å². The van der Waals surface area contributed by atoms with E-state index in [9.17, 15) is 14.7 Å². The maximum absolute atomic E-state index is 12.3. The highest BCUT2D eigenvalue weighted by molar-refractivity contribution is 6.14. The fourth-order valence-electron chi connectivity index (χ4n) is 3.62. The van der Waals surface area contributed by atoms with Crippen LogP contribution in [0.15, 0.2) is 47.5 Å². The smallest absolute Gasteiger partial charge is 0.337 e. The molecule has 0 fully saturated rings. The number of fused-ring (bicyclic) bond motifs is 1. The molecule has 2 N–H and O–H groups in total. The third-order valence-electron chi connectivity index (χ3n) is 5.30. The van der Waals surface area contributed by atoms with Crippen LogP contribution in [-0.2, 0) is 9.53 Å². The van der Waals surface area contributed by atoms with E-state index in [-0.39, 0.29) is 11.8 Å². The number of hydrogen-bond acceptors (Lipinski definition) is 6. The summed E-state index contributed by atoms with van der Waals surface area (Å²) in [5.41, 5.74) is 3.88. The summed E-state index contributed by atoms with van der Waals surface area (Å²) in [6, 6.07) is 12.5. The number of carbonyl (C=O) groups excluding carboxylic acids is 2. The number of ether oxygens (including phenoxy) is 1. The van der Waals surface area contributed by atoms with E-state index in [0.29, 0.717) is 29.6 Å². The predicted octanol–water partition coefficient (Wildman–Crippen LogP) is 4.11. The lowest BCUT2D eigenvalue weighted by molar-refractivity contribution is -0.118. The zero-order valence-corrected chi connectivity index (χ0v) is 19.7. The number of aromatic nitrogens is 1. The van der Waals surface area contributed by atoms with E-state index in [1.807, 2.05) is 50.2 Å². The molecule has 8 heteroatoms. The van der Waals surface area contributed by atoms with Crippen LogP contribution in [0, 0.1) is 0 Å². The molecule has 3 aromatic rings. The SMILES string of the molecule is CCCC(=Nc1ccc(N(C)C(=O)CN(C)C)cc1)c1c(O)[nH]c2cc(C(=O)OC)ccc12. The average molecular weight is 451 g/mol. The zero-order valence-electron chi connectivity index (χ0n) is 19.7. The monoisotopic (exact) mass is 450 g/mol. The van der Waals surface area contributed by atoms with E-state index in [4.69, 9.17) is 9.73 Å². The number of hydrogen-bond donors (Lipinski definition) is 2. The van der Waals surface area contributed by atoms with Crippen LogP contribution in [0.1, 0.15) is 35.7 Å². The molecule has 1 amide bonds. The number of carbonyl (C=O) groups is 2. The van der Waals surface area contributed by atoms with Gasteiger partial charge in [0, 0.05) is 23.6 Å². The number of aliphatic imine (C=N–C) groups is 1. The summed E-state index contributed by atoms with van der Waals surface area (Å²) in [6.45, 7) is 2.37. The number of methoxy groups -OCH3 is 1. The molecule has 0 aliphatic rings. The van der Waals surface area contributed by atoms with Gasteiger partial charge in [-0.1, -0.05) is 19.4 Å². The molecule has 33 heavy (non-hydrogen) atoms. The maximum atomic E-state index is 12.3. The summed E-state index contributed by atoms with van der Waals surface area (Å²) in [6.07, 6.45) is 1.49. The number of nitrogens with one attached hydrogen (secondary N) is 1. The van der Waals surface area contributed by atoms with Gasteiger partial charge in [0.15, 0.2) is 5.88 Å². The Morgan fingerprint density at radius 2 is 1.79 bits per heavy atom. The van der Waals surface area contributed by atoms with Gasteiger partial charge >= 0.3 is 5.97 Å². The first-order chi connectivity index (χ1) is 15.7. The summed E-state index contributed by atoms with van der Waals surface area (Å²) < 4.78 is 4.78. The van der Waals surface area contributed by atoms with Crippen LogP contribution in [0.3, 0.4) is 0 Å². The van der Waals surface area contributed by atoms with Crippen molar-refractivity contribution in [1.29, 1.82) is 0 Å². The standard InChI is InChI=1S/C25H30N4O4/c1-6-7-20(23-19-13-8-16(25(32)33-5)14-21(19)27-24(23)31)26-17-9-11-18(12-10-17)29(4)22(30)15-28(2)3/h8-14,27,31H,6-7,15H2,1-5H3. The van der Waals surface area contributed by atoms with Crippen molar-refractivity contribution in [3.05, 3.63) is 53.6 Å². The highest BCUT2D eigenvalue weighted by Crippen LogP contribution is 2.31. The Labute approximate surface area is 193 Å². The molecule has 0 aliphatic carbocycles. The van der Waals surface area contributed by atoms with Gasteiger partial charge in [-0.3, -0.25) is 9.79 Å². The number of likely N-dealkylation sites (N-methyl/N-ethyl adjacent to an activating group) is 2. The number of aromatic amines is 1. The average Bonchev–Trinajstić information content (AvgIpc) is 3.12. The number of nitrogens with zero attached hydrogens (tertiary/aromatic N) is 3. The van der Waals surface area contributed by atoms with Crippen LogP contribution in [-0.4, -0.2) is 67.4 Å². The summed E-state index contributed by atoms with van der Waals surface area (Å²) in [5.74, 6) is -0.438. The first-order valence-corrected chi connectivity index (χ1v) is 10.8. The zero-order chi connectivity index (χ0) is 24.1. The molecular weight excluding hydrogens is 420 g/mol. The minimum atomic E-state index is -0.441. The van der Waals surface area contributed by atoms with E-state index in [2.05, 4.69) is 4.98 Å². The lowest BCUT2D eigenvalue weighted by atomic mass is 10.0. The van der Waals surface area contributed by atoms with Gasteiger partial charge in [0.25, 0.3) is 0 Å². The van der Waals surface area contributed by atoms with E-state index >= 15 is 0 Å². The number of esters is 1. The molecular formula is C25H30N4O4. The number of aromatic hydroxyl groups is 1. The van der Waals surface area contributed by atoms with Gasteiger partial charge < -0.3 is 24.6 Å². The third kappa shape index (κ3) is 5.40. The van der Waals surface area contributed by atoms with Crippen LogP contribution < -0.4 is 4.90 Å². The maximum Gasteiger partial charge on any atom is 0.337 e. The molecule has 0 saturated heterocycles. The Hall–Kier alpha value is -3.65. The van der Waals surface area contributed by atoms with Crippen molar-refractivity contribution in [1.82, 2.24) is 9.88 Å². The van der Waals surface area contributed by atoms with Gasteiger partial charge in [0.2, 0.25) is 5.91 Å². The van der Waals surface area contributed by atoms with Crippen molar-refractivity contribution in [2.45, 2.75) is 19.8 Å². The van der Waals surface area contributed by atoms with E-state index < -0.39 is 5.97 Å². The Morgan fingerprint density at radius 3 is 2.39 bits per heavy atom. The Kier molecular flexibility index (Phi) is 7.50. The van der Waals surface area contributed by atoms with Crippen LogP contribution in [0.4, 0.5) is 11.4 Å². The van der Waals surface area contributed by atoms with E-state index in [0.717, 1.165) is 28.9 Å². The highest BCUT2D eigenvalue weighted by Gasteiger charge is 2.18. The van der Waals surface area contributed by atoms with E-state index in [1.165, 1.54) is 7.11 Å².